The van der Waals surface area contributed by atoms with E-state index in [1.165, 1.54) is 9.87 Å². The zero-order valence-corrected chi connectivity index (χ0v) is 14.7. The first-order chi connectivity index (χ1) is 11.5. The first kappa shape index (κ1) is 17.2. The lowest BCUT2D eigenvalue weighted by Gasteiger charge is -2.32. The minimum absolute atomic E-state index is 0.222. The Kier molecular flexibility index (Phi) is 5.06. The Morgan fingerprint density at radius 3 is 2.88 bits per heavy atom. The molecule has 0 radical (unpaired) electrons. The Bertz CT molecular complexity index is 754. The summed E-state index contributed by atoms with van der Waals surface area (Å²) in [4.78, 5) is 12.4. The van der Waals surface area contributed by atoms with Gasteiger partial charge in [-0.05, 0) is 49.8 Å². The molecule has 24 heavy (non-hydrogen) atoms. The summed E-state index contributed by atoms with van der Waals surface area (Å²) in [5.74, 6) is -0.648. The third-order valence-corrected chi connectivity index (χ3v) is 6.68. The molecule has 1 fully saturated rings. The van der Waals surface area contributed by atoms with E-state index in [9.17, 15) is 13.2 Å². The highest BCUT2D eigenvalue weighted by atomic mass is 32.2. The van der Waals surface area contributed by atoms with Crippen molar-refractivity contribution in [3.8, 4) is 0 Å². The lowest BCUT2D eigenvalue weighted by Crippen LogP contribution is -2.43. The van der Waals surface area contributed by atoms with Gasteiger partial charge in [-0.3, -0.25) is 4.79 Å². The summed E-state index contributed by atoms with van der Waals surface area (Å²) < 4.78 is 32.5. The molecule has 1 heterocycles. The van der Waals surface area contributed by atoms with Crippen LogP contribution in [0.5, 0.6) is 0 Å². The number of benzene rings is 1. The monoisotopic (exact) mass is 349 g/mol. The zero-order valence-electron chi connectivity index (χ0n) is 13.9. The van der Waals surface area contributed by atoms with Crippen LogP contribution in [0.4, 0.5) is 0 Å². The first-order valence-corrected chi connectivity index (χ1v) is 9.91. The van der Waals surface area contributed by atoms with Gasteiger partial charge in [0.25, 0.3) is 0 Å². The molecule has 0 N–H and O–H groups in total. The number of esters is 1. The maximum Gasteiger partial charge on any atom is 0.310 e. The fourth-order valence-electron chi connectivity index (χ4n) is 3.39. The topological polar surface area (TPSA) is 63.7 Å². The molecule has 1 atom stereocenters. The van der Waals surface area contributed by atoms with Crippen LogP contribution in [0.3, 0.4) is 0 Å². The van der Waals surface area contributed by atoms with E-state index in [2.05, 4.69) is 0 Å². The van der Waals surface area contributed by atoms with Gasteiger partial charge >= 0.3 is 5.97 Å². The normalized spacial score (nSPS) is 21.7. The summed E-state index contributed by atoms with van der Waals surface area (Å²) in [7, 11) is -3.52. The van der Waals surface area contributed by atoms with Crippen molar-refractivity contribution in [1.82, 2.24) is 4.31 Å². The second-order valence-electron chi connectivity index (χ2n) is 6.26. The molecular weight excluding hydrogens is 326 g/mol. The van der Waals surface area contributed by atoms with Crippen LogP contribution in [-0.4, -0.2) is 38.4 Å². The molecule has 1 saturated heterocycles. The number of allylic oxidation sites excluding steroid dienone is 1. The maximum atomic E-state index is 13.0. The van der Waals surface area contributed by atoms with E-state index < -0.39 is 10.0 Å². The lowest BCUT2D eigenvalue weighted by atomic mass is 9.98. The Hall–Kier alpha value is -1.66. The van der Waals surface area contributed by atoms with Crippen molar-refractivity contribution in [3.05, 3.63) is 40.3 Å². The summed E-state index contributed by atoms with van der Waals surface area (Å²) in [5.41, 5.74) is 2.15. The highest BCUT2D eigenvalue weighted by molar-refractivity contribution is 7.93. The van der Waals surface area contributed by atoms with Crippen molar-refractivity contribution in [1.29, 1.82) is 0 Å². The van der Waals surface area contributed by atoms with E-state index in [0.717, 1.165) is 12.0 Å². The summed E-state index contributed by atoms with van der Waals surface area (Å²) >= 11 is 0. The number of nitrogens with zero attached hydrogens (tertiary/aromatic N) is 1. The zero-order chi connectivity index (χ0) is 17.2. The second-order valence-corrected chi connectivity index (χ2v) is 8.25. The molecule has 0 unspecified atom stereocenters. The van der Waals surface area contributed by atoms with Crippen molar-refractivity contribution >= 4 is 22.1 Å². The van der Waals surface area contributed by atoms with Gasteiger partial charge in [0.1, 0.15) is 0 Å². The highest BCUT2D eigenvalue weighted by Crippen LogP contribution is 2.31. The number of aryl methyl sites for hydroxylation is 1. The van der Waals surface area contributed by atoms with Gasteiger partial charge in [-0.25, -0.2) is 8.42 Å². The SMILES string of the molecule is CCOC(=O)[C@@H]1CCCN(S(=O)(=O)C2=Cc3ccccc3CC2)C1. The number of rotatable bonds is 4. The molecule has 2 aliphatic rings. The number of piperidine rings is 1. The lowest BCUT2D eigenvalue weighted by molar-refractivity contribution is -0.149. The molecule has 1 aromatic carbocycles. The molecular formula is C18H23NO4S. The largest absolute Gasteiger partial charge is 0.466 e. The molecule has 0 bridgehead atoms. The van der Waals surface area contributed by atoms with E-state index in [-0.39, 0.29) is 18.4 Å². The fraction of sp³-hybridized carbons (Fsp3) is 0.500. The van der Waals surface area contributed by atoms with Crippen LogP contribution in [0, 0.1) is 5.92 Å². The molecule has 0 saturated carbocycles. The predicted molar refractivity (Wildman–Crippen MR) is 92.6 cm³/mol. The van der Waals surface area contributed by atoms with Crippen LogP contribution in [0.15, 0.2) is 29.2 Å². The van der Waals surface area contributed by atoms with Gasteiger partial charge < -0.3 is 4.74 Å². The maximum absolute atomic E-state index is 13.0. The van der Waals surface area contributed by atoms with Crippen molar-refractivity contribution in [2.45, 2.75) is 32.6 Å². The molecule has 0 spiro atoms. The van der Waals surface area contributed by atoms with E-state index in [4.69, 9.17) is 4.74 Å². The van der Waals surface area contributed by atoms with Crippen LogP contribution in [0.1, 0.15) is 37.3 Å². The third-order valence-electron chi connectivity index (χ3n) is 4.69. The van der Waals surface area contributed by atoms with E-state index >= 15 is 0 Å². The summed E-state index contributed by atoms with van der Waals surface area (Å²) in [6, 6.07) is 7.87. The standard InChI is InChI=1S/C18H23NO4S/c1-2-23-18(20)16-8-5-11-19(13-16)24(21,22)17-10-9-14-6-3-4-7-15(14)12-17/h3-4,6-7,12,16H,2,5,8-11,13H2,1H3/t16-/m1/s1. The Labute approximate surface area is 143 Å². The van der Waals surface area contributed by atoms with Crippen LogP contribution in [0.25, 0.3) is 6.08 Å². The van der Waals surface area contributed by atoms with Gasteiger partial charge in [-0.15, -0.1) is 0 Å². The molecule has 6 heteroatoms. The smallest absolute Gasteiger partial charge is 0.310 e. The van der Waals surface area contributed by atoms with Gasteiger partial charge in [0.15, 0.2) is 0 Å². The highest BCUT2D eigenvalue weighted by Gasteiger charge is 2.35. The van der Waals surface area contributed by atoms with E-state index in [0.29, 0.717) is 37.3 Å². The van der Waals surface area contributed by atoms with Crippen LogP contribution in [0.2, 0.25) is 0 Å². The average molecular weight is 349 g/mol. The number of carbonyl (C=O) groups excluding carboxylic acids is 1. The summed E-state index contributed by atoms with van der Waals surface area (Å²) in [6.07, 6.45) is 4.40. The second kappa shape index (κ2) is 7.07. The number of carbonyl (C=O) groups is 1. The molecule has 130 valence electrons. The van der Waals surface area contributed by atoms with Crippen molar-refractivity contribution in [2.75, 3.05) is 19.7 Å². The van der Waals surface area contributed by atoms with Crippen LogP contribution >= 0.6 is 0 Å². The summed E-state index contributed by atoms with van der Waals surface area (Å²) in [6.45, 7) is 2.78. The predicted octanol–water partition coefficient (Wildman–Crippen LogP) is 2.58. The van der Waals surface area contributed by atoms with Gasteiger partial charge in [-0.2, -0.15) is 4.31 Å². The molecule has 5 nitrogen and oxygen atoms in total. The number of hydrogen-bond donors (Lipinski definition) is 0. The fourth-order valence-corrected chi connectivity index (χ4v) is 5.10. The van der Waals surface area contributed by atoms with Crippen molar-refractivity contribution < 1.29 is 17.9 Å². The summed E-state index contributed by atoms with van der Waals surface area (Å²) in [5, 5.41) is 0. The quantitative estimate of drug-likeness (QED) is 0.784. The average Bonchev–Trinajstić information content (AvgIpc) is 2.61. The van der Waals surface area contributed by atoms with Crippen LogP contribution in [-0.2, 0) is 26.0 Å². The molecule has 0 aromatic heterocycles. The number of fused-ring (bicyclic) bond motifs is 1. The Morgan fingerprint density at radius 1 is 1.29 bits per heavy atom. The van der Waals surface area contributed by atoms with E-state index in [1.54, 1.807) is 13.0 Å². The van der Waals surface area contributed by atoms with Crippen molar-refractivity contribution in [3.63, 3.8) is 0 Å². The van der Waals surface area contributed by atoms with Gasteiger partial charge in [0.2, 0.25) is 10.0 Å². The molecule has 1 aromatic rings. The molecule has 1 aliphatic heterocycles. The van der Waals surface area contributed by atoms with Gasteiger partial charge in [-0.1, -0.05) is 24.3 Å². The first-order valence-electron chi connectivity index (χ1n) is 8.47. The van der Waals surface area contributed by atoms with Gasteiger partial charge in [0.05, 0.1) is 17.4 Å². The van der Waals surface area contributed by atoms with Gasteiger partial charge in [0, 0.05) is 13.1 Å². The molecule has 1 aliphatic carbocycles. The van der Waals surface area contributed by atoms with Crippen LogP contribution < -0.4 is 0 Å². The molecule has 0 amide bonds. The Balaban J connectivity index is 1.81. The third kappa shape index (κ3) is 3.39. The minimum atomic E-state index is -3.52. The number of sulfonamides is 1. The van der Waals surface area contributed by atoms with E-state index in [1.807, 2.05) is 24.3 Å². The minimum Gasteiger partial charge on any atom is -0.466 e. The Morgan fingerprint density at radius 2 is 2.08 bits per heavy atom. The number of hydrogen-bond acceptors (Lipinski definition) is 4. The number of ether oxygens (including phenoxy) is 1. The van der Waals surface area contributed by atoms with Crippen molar-refractivity contribution in [2.24, 2.45) is 5.92 Å². The molecule has 3 rings (SSSR count).